The Morgan fingerprint density at radius 2 is 1.71 bits per heavy atom. The Morgan fingerprint density at radius 3 is 2.14 bits per heavy atom. The van der Waals surface area contributed by atoms with E-state index in [-0.39, 0.29) is 13.2 Å². The zero-order valence-corrected chi connectivity index (χ0v) is 8.31. The Balaban J connectivity index is 2.98. The van der Waals surface area contributed by atoms with Crippen molar-refractivity contribution in [1.82, 2.24) is 0 Å². The molecule has 0 spiro atoms. The second kappa shape index (κ2) is 5.10. The maximum Gasteiger partial charge on any atom is 0.0648 e. The van der Waals surface area contributed by atoms with Crippen LogP contribution in [0.25, 0.3) is 0 Å². The zero-order valence-electron chi connectivity index (χ0n) is 8.31. The summed E-state index contributed by atoms with van der Waals surface area (Å²) in [4.78, 5) is 0. The number of methoxy groups -OCH3 is 1. The largest absolute Gasteiger partial charge is 0.395 e. The highest BCUT2D eigenvalue weighted by Gasteiger charge is 2.30. The standard InChI is InChI=1S/C11H16O3/c1-14-9-11(7-12,8-13)10-5-3-2-4-6-10/h2-6,12-13H,7-9H2,1H3. The van der Waals surface area contributed by atoms with E-state index in [1.807, 2.05) is 30.3 Å². The van der Waals surface area contributed by atoms with E-state index in [0.29, 0.717) is 6.61 Å². The quantitative estimate of drug-likeness (QED) is 0.723. The van der Waals surface area contributed by atoms with E-state index in [0.717, 1.165) is 5.56 Å². The first-order valence-electron chi connectivity index (χ1n) is 4.55. The lowest BCUT2D eigenvalue weighted by atomic mass is 9.83. The summed E-state index contributed by atoms with van der Waals surface area (Å²) in [5, 5.41) is 18.6. The minimum absolute atomic E-state index is 0.124. The third kappa shape index (κ3) is 2.12. The van der Waals surface area contributed by atoms with Gasteiger partial charge in [-0.25, -0.2) is 0 Å². The molecule has 0 atom stereocenters. The average molecular weight is 196 g/mol. The Hall–Kier alpha value is -0.900. The molecule has 2 N–H and O–H groups in total. The SMILES string of the molecule is COCC(CO)(CO)c1ccccc1. The van der Waals surface area contributed by atoms with Crippen molar-refractivity contribution in [3.63, 3.8) is 0 Å². The molecular formula is C11H16O3. The third-order valence-electron chi connectivity index (χ3n) is 2.41. The predicted molar refractivity (Wildman–Crippen MR) is 54.2 cm³/mol. The molecule has 3 nitrogen and oxygen atoms in total. The summed E-state index contributed by atoms with van der Waals surface area (Å²) in [7, 11) is 1.56. The molecule has 14 heavy (non-hydrogen) atoms. The van der Waals surface area contributed by atoms with Crippen molar-refractivity contribution in [2.75, 3.05) is 26.9 Å². The highest BCUT2D eigenvalue weighted by molar-refractivity contribution is 5.25. The first-order valence-corrected chi connectivity index (χ1v) is 4.55. The summed E-state index contributed by atoms with van der Waals surface area (Å²) in [6.45, 7) is 0.0622. The number of hydrogen-bond acceptors (Lipinski definition) is 3. The van der Waals surface area contributed by atoms with Crippen molar-refractivity contribution < 1.29 is 14.9 Å². The van der Waals surface area contributed by atoms with Gasteiger partial charge in [-0.2, -0.15) is 0 Å². The molecule has 0 unspecified atom stereocenters. The van der Waals surface area contributed by atoms with Gasteiger partial charge >= 0.3 is 0 Å². The van der Waals surface area contributed by atoms with Gasteiger partial charge in [-0.3, -0.25) is 0 Å². The van der Waals surface area contributed by atoms with E-state index >= 15 is 0 Å². The molecule has 3 heteroatoms. The summed E-state index contributed by atoms with van der Waals surface area (Å²) in [5.41, 5.74) is 0.211. The van der Waals surface area contributed by atoms with Crippen LogP contribution in [0, 0.1) is 0 Å². The van der Waals surface area contributed by atoms with Crippen molar-refractivity contribution in [3.05, 3.63) is 35.9 Å². The zero-order chi connectivity index (χ0) is 10.4. The molecular weight excluding hydrogens is 180 g/mol. The van der Waals surface area contributed by atoms with Crippen molar-refractivity contribution in [2.45, 2.75) is 5.41 Å². The van der Waals surface area contributed by atoms with Gasteiger partial charge in [0.25, 0.3) is 0 Å². The van der Waals surface area contributed by atoms with Crippen LogP contribution < -0.4 is 0 Å². The minimum Gasteiger partial charge on any atom is -0.395 e. The fourth-order valence-electron chi connectivity index (χ4n) is 1.48. The van der Waals surface area contributed by atoms with Crippen molar-refractivity contribution in [3.8, 4) is 0 Å². The van der Waals surface area contributed by atoms with Crippen LogP contribution in [0.5, 0.6) is 0 Å². The Morgan fingerprint density at radius 1 is 1.14 bits per heavy atom. The van der Waals surface area contributed by atoms with Gasteiger partial charge in [0.2, 0.25) is 0 Å². The van der Waals surface area contributed by atoms with E-state index < -0.39 is 5.41 Å². The van der Waals surface area contributed by atoms with E-state index in [4.69, 9.17) is 4.74 Å². The molecule has 0 bridgehead atoms. The summed E-state index contributed by atoms with van der Waals surface area (Å²) >= 11 is 0. The molecule has 0 saturated carbocycles. The van der Waals surface area contributed by atoms with Crippen LogP contribution in [0.4, 0.5) is 0 Å². The smallest absolute Gasteiger partial charge is 0.0648 e. The summed E-state index contributed by atoms with van der Waals surface area (Å²) in [6, 6.07) is 9.42. The Kier molecular flexibility index (Phi) is 4.07. The fraction of sp³-hybridized carbons (Fsp3) is 0.455. The van der Waals surface area contributed by atoms with Gasteiger partial charge in [0.1, 0.15) is 0 Å². The summed E-state index contributed by atoms with van der Waals surface area (Å²) < 4.78 is 5.02. The monoisotopic (exact) mass is 196 g/mol. The van der Waals surface area contributed by atoms with Gasteiger partial charge in [0.15, 0.2) is 0 Å². The van der Waals surface area contributed by atoms with Crippen LogP contribution in [-0.4, -0.2) is 37.1 Å². The molecule has 0 aliphatic rings. The van der Waals surface area contributed by atoms with Gasteiger partial charge in [-0.15, -0.1) is 0 Å². The van der Waals surface area contributed by atoms with E-state index in [1.165, 1.54) is 0 Å². The number of aliphatic hydroxyl groups is 2. The topological polar surface area (TPSA) is 49.7 Å². The maximum atomic E-state index is 9.32. The highest BCUT2D eigenvalue weighted by Crippen LogP contribution is 2.23. The van der Waals surface area contributed by atoms with Crippen molar-refractivity contribution in [2.24, 2.45) is 0 Å². The molecule has 1 rings (SSSR count). The minimum atomic E-state index is -0.685. The molecule has 0 aliphatic carbocycles. The molecule has 1 aromatic rings. The maximum absolute atomic E-state index is 9.32. The fourth-order valence-corrected chi connectivity index (χ4v) is 1.48. The number of ether oxygens (including phenoxy) is 1. The van der Waals surface area contributed by atoms with Crippen LogP contribution in [-0.2, 0) is 10.2 Å². The van der Waals surface area contributed by atoms with E-state index in [2.05, 4.69) is 0 Å². The van der Waals surface area contributed by atoms with E-state index in [9.17, 15) is 10.2 Å². The first-order chi connectivity index (χ1) is 6.79. The van der Waals surface area contributed by atoms with Crippen LogP contribution in [0.15, 0.2) is 30.3 Å². The summed E-state index contributed by atoms with van der Waals surface area (Å²) in [5.74, 6) is 0. The van der Waals surface area contributed by atoms with Gasteiger partial charge < -0.3 is 14.9 Å². The molecule has 1 aromatic carbocycles. The molecule has 0 saturated heterocycles. The van der Waals surface area contributed by atoms with Crippen LogP contribution >= 0.6 is 0 Å². The Labute approximate surface area is 84.0 Å². The van der Waals surface area contributed by atoms with Gasteiger partial charge in [0.05, 0.1) is 25.2 Å². The van der Waals surface area contributed by atoms with Crippen molar-refractivity contribution >= 4 is 0 Å². The lowest BCUT2D eigenvalue weighted by Crippen LogP contribution is -2.39. The van der Waals surface area contributed by atoms with Gasteiger partial charge in [-0.1, -0.05) is 30.3 Å². The molecule has 0 fully saturated rings. The van der Waals surface area contributed by atoms with Crippen LogP contribution in [0.3, 0.4) is 0 Å². The Bertz CT molecular complexity index is 254. The molecule has 0 aromatic heterocycles. The molecule has 0 heterocycles. The lowest BCUT2D eigenvalue weighted by molar-refractivity contribution is 0.0418. The van der Waals surface area contributed by atoms with Crippen molar-refractivity contribution in [1.29, 1.82) is 0 Å². The molecule has 0 aliphatic heterocycles. The number of aliphatic hydroxyl groups excluding tert-OH is 2. The van der Waals surface area contributed by atoms with E-state index in [1.54, 1.807) is 7.11 Å². The molecule has 0 amide bonds. The first kappa shape index (κ1) is 11.2. The predicted octanol–water partition coefficient (Wildman–Crippen LogP) is 0.555. The normalized spacial score (nSPS) is 11.6. The molecule has 78 valence electrons. The highest BCUT2D eigenvalue weighted by atomic mass is 16.5. The van der Waals surface area contributed by atoms with Gasteiger partial charge in [-0.05, 0) is 5.56 Å². The average Bonchev–Trinajstić information content (AvgIpc) is 2.27. The second-order valence-corrected chi connectivity index (χ2v) is 3.40. The van der Waals surface area contributed by atoms with Gasteiger partial charge in [0, 0.05) is 7.11 Å². The third-order valence-corrected chi connectivity index (χ3v) is 2.41. The van der Waals surface area contributed by atoms with Crippen LogP contribution in [0.1, 0.15) is 5.56 Å². The number of benzene rings is 1. The van der Waals surface area contributed by atoms with Crippen LogP contribution in [0.2, 0.25) is 0 Å². The second-order valence-electron chi connectivity index (χ2n) is 3.40. The molecule has 0 radical (unpaired) electrons. The summed E-state index contributed by atoms with van der Waals surface area (Å²) in [6.07, 6.45) is 0. The lowest BCUT2D eigenvalue weighted by Gasteiger charge is -2.29. The number of rotatable bonds is 5. The number of hydrogen-bond donors (Lipinski definition) is 2.